The molecule has 0 atom stereocenters. The molecule has 0 aromatic carbocycles. The van der Waals surface area contributed by atoms with Gasteiger partial charge in [-0.15, -0.1) is 0 Å². The van der Waals surface area contributed by atoms with Crippen molar-refractivity contribution >= 4 is 5.82 Å². The lowest BCUT2D eigenvalue weighted by Gasteiger charge is -2.04. The van der Waals surface area contributed by atoms with Crippen molar-refractivity contribution in [3.05, 3.63) is 23.9 Å². The van der Waals surface area contributed by atoms with Crippen LogP contribution in [0.15, 0.2) is 18.3 Å². The van der Waals surface area contributed by atoms with E-state index in [0.717, 1.165) is 18.3 Å². The fraction of sp³-hybridized carbons (Fsp3) is 0.583. The van der Waals surface area contributed by atoms with Crippen LogP contribution in [0, 0.1) is 12.8 Å². The predicted molar refractivity (Wildman–Crippen MR) is 59.4 cm³/mol. The molecule has 1 aromatic rings. The Morgan fingerprint density at radius 2 is 2.29 bits per heavy atom. The molecule has 0 spiro atoms. The van der Waals surface area contributed by atoms with Gasteiger partial charge >= 0.3 is 0 Å². The Labute approximate surface area is 85.7 Å². The standard InChI is InChI=1S/C12H18N2/c1-10-4-7-12(14-9-10)13-8-2-3-11-5-6-11/h4,7,9,11H,2-3,5-6,8H2,1H3,(H,13,14). The monoisotopic (exact) mass is 190 g/mol. The third-order valence-electron chi connectivity index (χ3n) is 2.70. The van der Waals surface area contributed by atoms with Crippen LogP contribution in [0.4, 0.5) is 5.82 Å². The molecule has 1 N–H and O–H groups in total. The van der Waals surface area contributed by atoms with Crippen LogP contribution in [0.5, 0.6) is 0 Å². The molecule has 1 aromatic heterocycles. The van der Waals surface area contributed by atoms with Crippen LogP contribution in [-0.4, -0.2) is 11.5 Å². The average Bonchev–Trinajstić information content (AvgIpc) is 2.99. The molecule has 0 amide bonds. The summed E-state index contributed by atoms with van der Waals surface area (Å²) in [6.45, 7) is 3.12. The number of anilines is 1. The van der Waals surface area contributed by atoms with Crippen molar-refractivity contribution in [2.24, 2.45) is 5.92 Å². The van der Waals surface area contributed by atoms with Crippen molar-refractivity contribution in [3.8, 4) is 0 Å². The third-order valence-corrected chi connectivity index (χ3v) is 2.70. The van der Waals surface area contributed by atoms with E-state index in [4.69, 9.17) is 0 Å². The normalized spacial score (nSPS) is 15.5. The molecule has 1 aliphatic carbocycles. The number of aromatic nitrogens is 1. The quantitative estimate of drug-likeness (QED) is 0.722. The molecule has 14 heavy (non-hydrogen) atoms. The van der Waals surface area contributed by atoms with Crippen molar-refractivity contribution in [1.29, 1.82) is 0 Å². The van der Waals surface area contributed by atoms with Gasteiger partial charge in [-0.05, 0) is 37.3 Å². The Hall–Kier alpha value is -1.05. The van der Waals surface area contributed by atoms with Crippen LogP contribution in [0.1, 0.15) is 31.2 Å². The summed E-state index contributed by atoms with van der Waals surface area (Å²) in [5.74, 6) is 2.05. The number of aryl methyl sites for hydroxylation is 1. The first-order chi connectivity index (χ1) is 6.84. The van der Waals surface area contributed by atoms with E-state index in [2.05, 4.69) is 23.3 Å². The van der Waals surface area contributed by atoms with Gasteiger partial charge in [-0.1, -0.05) is 18.9 Å². The zero-order chi connectivity index (χ0) is 9.80. The topological polar surface area (TPSA) is 24.9 Å². The predicted octanol–water partition coefficient (Wildman–Crippen LogP) is 2.99. The van der Waals surface area contributed by atoms with Crippen LogP contribution < -0.4 is 5.32 Å². The van der Waals surface area contributed by atoms with Gasteiger partial charge in [-0.3, -0.25) is 0 Å². The molecular formula is C12H18N2. The van der Waals surface area contributed by atoms with Gasteiger partial charge in [0.05, 0.1) is 0 Å². The van der Waals surface area contributed by atoms with Gasteiger partial charge in [0.1, 0.15) is 5.82 Å². The van der Waals surface area contributed by atoms with Crippen LogP contribution >= 0.6 is 0 Å². The average molecular weight is 190 g/mol. The molecule has 1 fully saturated rings. The molecule has 1 heterocycles. The molecule has 1 saturated carbocycles. The summed E-state index contributed by atoms with van der Waals surface area (Å²) in [7, 11) is 0. The molecule has 0 unspecified atom stereocenters. The molecule has 1 aliphatic rings. The SMILES string of the molecule is Cc1ccc(NCCCC2CC2)nc1. The third kappa shape index (κ3) is 3.02. The highest BCUT2D eigenvalue weighted by Crippen LogP contribution is 2.33. The van der Waals surface area contributed by atoms with Gasteiger partial charge in [0.15, 0.2) is 0 Å². The summed E-state index contributed by atoms with van der Waals surface area (Å²) in [6, 6.07) is 4.14. The number of nitrogens with zero attached hydrogens (tertiary/aromatic N) is 1. The highest BCUT2D eigenvalue weighted by molar-refractivity contribution is 5.34. The summed E-state index contributed by atoms with van der Waals surface area (Å²) >= 11 is 0. The lowest BCUT2D eigenvalue weighted by atomic mass is 10.2. The second-order valence-corrected chi connectivity index (χ2v) is 4.23. The lowest BCUT2D eigenvalue weighted by Crippen LogP contribution is -2.03. The molecule has 2 heteroatoms. The van der Waals surface area contributed by atoms with Crippen LogP contribution in [0.25, 0.3) is 0 Å². The van der Waals surface area contributed by atoms with Crippen molar-refractivity contribution in [3.63, 3.8) is 0 Å². The number of nitrogens with one attached hydrogen (secondary N) is 1. The molecule has 76 valence electrons. The van der Waals surface area contributed by atoms with Gasteiger partial charge in [0.2, 0.25) is 0 Å². The van der Waals surface area contributed by atoms with E-state index in [1.165, 1.54) is 31.2 Å². The van der Waals surface area contributed by atoms with Crippen molar-refractivity contribution < 1.29 is 0 Å². The summed E-state index contributed by atoms with van der Waals surface area (Å²) in [6.07, 6.45) is 7.49. The van der Waals surface area contributed by atoms with Crippen LogP contribution in [-0.2, 0) is 0 Å². The summed E-state index contributed by atoms with van der Waals surface area (Å²) in [4.78, 5) is 4.30. The second kappa shape index (κ2) is 4.45. The Bertz CT molecular complexity index is 275. The molecule has 2 nitrogen and oxygen atoms in total. The minimum absolute atomic E-state index is 1.01. The molecule has 0 bridgehead atoms. The molecule has 0 aliphatic heterocycles. The molecular weight excluding hydrogens is 172 g/mol. The zero-order valence-corrected chi connectivity index (χ0v) is 8.79. The Morgan fingerprint density at radius 1 is 1.43 bits per heavy atom. The number of hydrogen-bond donors (Lipinski definition) is 1. The summed E-state index contributed by atoms with van der Waals surface area (Å²) in [5, 5.41) is 3.34. The molecule has 0 saturated heterocycles. The number of hydrogen-bond acceptors (Lipinski definition) is 2. The molecule has 0 radical (unpaired) electrons. The fourth-order valence-corrected chi connectivity index (χ4v) is 1.59. The van der Waals surface area contributed by atoms with Crippen LogP contribution in [0.3, 0.4) is 0 Å². The van der Waals surface area contributed by atoms with E-state index < -0.39 is 0 Å². The fourth-order valence-electron chi connectivity index (χ4n) is 1.59. The maximum Gasteiger partial charge on any atom is 0.125 e. The Morgan fingerprint density at radius 3 is 2.93 bits per heavy atom. The lowest BCUT2D eigenvalue weighted by molar-refractivity contribution is 0.686. The Balaban J connectivity index is 1.66. The second-order valence-electron chi connectivity index (χ2n) is 4.23. The van der Waals surface area contributed by atoms with E-state index in [1.807, 2.05) is 12.3 Å². The number of pyridine rings is 1. The van der Waals surface area contributed by atoms with E-state index in [0.29, 0.717) is 0 Å². The van der Waals surface area contributed by atoms with Gasteiger partial charge in [0.25, 0.3) is 0 Å². The van der Waals surface area contributed by atoms with Gasteiger partial charge < -0.3 is 5.32 Å². The highest BCUT2D eigenvalue weighted by atomic mass is 15.0. The van der Waals surface area contributed by atoms with E-state index >= 15 is 0 Å². The first kappa shape index (κ1) is 9.50. The van der Waals surface area contributed by atoms with Gasteiger partial charge in [-0.25, -0.2) is 4.98 Å². The van der Waals surface area contributed by atoms with E-state index in [1.54, 1.807) is 0 Å². The van der Waals surface area contributed by atoms with Crippen LogP contribution in [0.2, 0.25) is 0 Å². The van der Waals surface area contributed by atoms with Crippen molar-refractivity contribution in [2.75, 3.05) is 11.9 Å². The largest absolute Gasteiger partial charge is 0.370 e. The molecule has 2 rings (SSSR count). The summed E-state index contributed by atoms with van der Waals surface area (Å²) < 4.78 is 0. The van der Waals surface area contributed by atoms with Gasteiger partial charge in [-0.2, -0.15) is 0 Å². The maximum absolute atomic E-state index is 4.30. The van der Waals surface area contributed by atoms with Crippen molar-refractivity contribution in [2.45, 2.75) is 32.6 Å². The van der Waals surface area contributed by atoms with Crippen molar-refractivity contribution in [1.82, 2.24) is 4.98 Å². The first-order valence-electron chi connectivity index (χ1n) is 5.51. The maximum atomic E-state index is 4.30. The van der Waals surface area contributed by atoms with E-state index in [9.17, 15) is 0 Å². The smallest absolute Gasteiger partial charge is 0.125 e. The summed E-state index contributed by atoms with van der Waals surface area (Å²) in [5.41, 5.74) is 1.22. The minimum Gasteiger partial charge on any atom is -0.370 e. The number of rotatable bonds is 5. The van der Waals surface area contributed by atoms with Gasteiger partial charge in [0, 0.05) is 12.7 Å². The Kier molecular flexibility index (Phi) is 3.02. The first-order valence-corrected chi connectivity index (χ1v) is 5.51. The highest BCUT2D eigenvalue weighted by Gasteiger charge is 2.19. The zero-order valence-electron chi connectivity index (χ0n) is 8.79. The van der Waals surface area contributed by atoms with E-state index in [-0.39, 0.29) is 0 Å². The minimum atomic E-state index is 1.01.